The molecule has 1 aromatic carbocycles. The quantitative estimate of drug-likeness (QED) is 0.673. The minimum atomic E-state index is -0.305. The molecule has 0 saturated carbocycles. The zero-order chi connectivity index (χ0) is 16.3. The summed E-state index contributed by atoms with van der Waals surface area (Å²) in [7, 11) is 0. The smallest absolute Gasteiger partial charge is 0.237 e. The number of aryl methyl sites for hydroxylation is 2. The van der Waals surface area contributed by atoms with Crippen LogP contribution in [0.2, 0.25) is 5.02 Å². The van der Waals surface area contributed by atoms with E-state index in [0.717, 1.165) is 17.0 Å². The van der Waals surface area contributed by atoms with Gasteiger partial charge in [-0.1, -0.05) is 29.4 Å². The van der Waals surface area contributed by atoms with Crippen molar-refractivity contribution in [1.29, 1.82) is 0 Å². The van der Waals surface area contributed by atoms with Crippen molar-refractivity contribution >= 4 is 35.0 Å². The zero-order valence-electron chi connectivity index (χ0n) is 13.0. The lowest BCUT2D eigenvalue weighted by Gasteiger charge is -2.12. The van der Waals surface area contributed by atoms with Crippen molar-refractivity contribution in [2.45, 2.75) is 38.1 Å². The van der Waals surface area contributed by atoms with Crippen molar-refractivity contribution in [2.75, 3.05) is 5.32 Å². The van der Waals surface area contributed by atoms with Crippen LogP contribution in [0.3, 0.4) is 0 Å². The first-order valence-corrected chi connectivity index (χ1v) is 8.17. The van der Waals surface area contributed by atoms with Crippen molar-refractivity contribution in [3.05, 3.63) is 46.2 Å². The number of anilines is 1. The molecule has 4 nitrogen and oxygen atoms in total. The van der Waals surface area contributed by atoms with Crippen LogP contribution in [-0.2, 0) is 4.79 Å². The number of nitrogens with one attached hydrogen (secondary N) is 1. The Balaban J connectivity index is 2.05. The van der Waals surface area contributed by atoms with Crippen LogP contribution in [0.4, 0.5) is 5.69 Å². The minimum absolute atomic E-state index is 0.105. The second-order valence-electron chi connectivity index (χ2n) is 5.06. The average Bonchev–Trinajstić information content (AvgIpc) is 2.44. The molecule has 0 spiro atoms. The fraction of sp³-hybridized carbons (Fsp3) is 0.312. The van der Waals surface area contributed by atoms with E-state index in [1.807, 2.05) is 27.7 Å². The van der Waals surface area contributed by atoms with Crippen LogP contribution in [-0.4, -0.2) is 21.1 Å². The number of halogens is 1. The predicted molar refractivity (Wildman–Crippen MR) is 91.6 cm³/mol. The predicted octanol–water partition coefficient (Wildman–Crippen LogP) is 4.17. The van der Waals surface area contributed by atoms with E-state index in [1.165, 1.54) is 11.8 Å². The Bertz CT molecular complexity index is 683. The second-order valence-corrected chi connectivity index (χ2v) is 6.81. The standard InChI is InChI=1S/C16H18ClN3OS/c1-9-10(2)18-16(19-11(9)3)22-12(4)15(21)20-14-7-5-6-13(17)8-14/h5-8,12H,1-4H3,(H,20,21)/t12-/m1/s1. The molecule has 0 aliphatic rings. The zero-order valence-corrected chi connectivity index (χ0v) is 14.5. The van der Waals surface area contributed by atoms with E-state index < -0.39 is 0 Å². The number of amides is 1. The largest absolute Gasteiger partial charge is 0.325 e. The van der Waals surface area contributed by atoms with Crippen LogP contribution < -0.4 is 5.32 Å². The number of carbonyl (C=O) groups is 1. The molecule has 2 aromatic rings. The molecular formula is C16H18ClN3OS. The summed E-state index contributed by atoms with van der Waals surface area (Å²) >= 11 is 7.26. The van der Waals surface area contributed by atoms with E-state index in [9.17, 15) is 4.79 Å². The lowest BCUT2D eigenvalue weighted by atomic mass is 10.2. The highest BCUT2D eigenvalue weighted by atomic mass is 35.5. The van der Waals surface area contributed by atoms with E-state index in [0.29, 0.717) is 15.9 Å². The molecule has 0 saturated heterocycles. The summed E-state index contributed by atoms with van der Waals surface area (Å²) in [6.45, 7) is 7.72. The third-order valence-electron chi connectivity index (χ3n) is 3.36. The Hall–Kier alpha value is -1.59. The molecule has 0 unspecified atom stereocenters. The van der Waals surface area contributed by atoms with E-state index >= 15 is 0 Å². The van der Waals surface area contributed by atoms with Crippen molar-refractivity contribution < 1.29 is 4.79 Å². The molecule has 22 heavy (non-hydrogen) atoms. The van der Waals surface area contributed by atoms with Crippen LogP contribution >= 0.6 is 23.4 Å². The van der Waals surface area contributed by atoms with Crippen molar-refractivity contribution in [3.63, 3.8) is 0 Å². The Morgan fingerprint density at radius 1 is 1.23 bits per heavy atom. The van der Waals surface area contributed by atoms with Crippen LogP contribution in [0.5, 0.6) is 0 Å². The molecule has 116 valence electrons. The second kappa shape index (κ2) is 7.11. The number of nitrogens with zero attached hydrogens (tertiary/aromatic N) is 2. The van der Waals surface area contributed by atoms with Gasteiger partial charge in [0.2, 0.25) is 5.91 Å². The lowest BCUT2D eigenvalue weighted by molar-refractivity contribution is -0.115. The molecule has 0 fully saturated rings. The van der Waals surface area contributed by atoms with Gasteiger partial charge in [0, 0.05) is 22.1 Å². The summed E-state index contributed by atoms with van der Waals surface area (Å²) in [6, 6.07) is 7.08. The first kappa shape index (κ1) is 16.8. The Labute approximate surface area is 139 Å². The van der Waals surface area contributed by atoms with Crippen molar-refractivity contribution in [2.24, 2.45) is 0 Å². The van der Waals surface area contributed by atoms with Gasteiger partial charge < -0.3 is 5.32 Å². The van der Waals surface area contributed by atoms with Gasteiger partial charge in [-0.2, -0.15) is 0 Å². The first-order chi connectivity index (χ1) is 10.4. The van der Waals surface area contributed by atoms with Gasteiger partial charge in [-0.25, -0.2) is 9.97 Å². The maximum atomic E-state index is 12.2. The fourth-order valence-electron chi connectivity index (χ4n) is 1.82. The normalized spacial score (nSPS) is 12.0. The van der Waals surface area contributed by atoms with Gasteiger partial charge in [0.1, 0.15) is 0 Å². The van der Waals surface area contributed by atoms with Gasteiger partial charge in [0.15, 0.2) is 5.16 Å². The van der Waals surface area contributed by atoms with E-state index in [1.54, 1.807) is 24.3 Å². The maximum Gasteiger partial charge on any atom is 0.237 e. The minimum Gasteiger partial charge on any atom is -0.325 e. The van der Waals surface area contributed by atoms with Gasteiger partial charge in [0.05, 0.1) is 5.25 Å². The topological polar surface area (TPSA) is 54.9 Å². The van der Waals surface area contributed by atoms with Crippen LogP contribution in [0, 0.1) is 20.8 Å². The third-order valence-corrected chi connectivity index (χ3v) is 4.55. The maximum absolute atomic E-state index is 12.2. The van der Waals surface area contributed by atoms with Crippen molar-refractivity contribution in [1.82, 2.24) is 9.97 Å². The van der Waals surface area contributed by atoms with E-state index in [2.05, 4.69) is 15.3 Å². The number of rotatable bonds is 4. The summed E-state index contributed by atoms with van der Waals surface area (Å²) in [4.78, 5) is 21.1. The highest BCUT2D eigenvalue weighted by molar-refractivity contribution is 8.00. The van der Waals surface area contributed by atoms with Gasteiger partial charge in [-0.15, -0.1) is 0 Å². The van der Waals surface area contributed by atoms with E-state index in [4.69, 9.17) is 11.6 Å². The number of carbonyl (C=O) groups excluding carboxylic acids is 1. The summed E-state index contributed by atoms with van der Waals surface area (Å²) in [5.74, 6) is -0.105. The molecule has 6 heteroatoms. The Kier molecular flexibility index (Phi) is 5.42. The SMILES string of the molecule is Cc1nc(S[C@H](C)C(=O)Nc2cccc(Cl)c2)nc(C)c1C. The number of hydrogen-bond acceptors (Lipinski definition) is 4. The third kappa shape index (κ3) is 4.21. The molecule has 0 aliphatic carbocycles. The molecule has 0 aliphatic heterocycles. The van der Waals surface area contributed by atoms with Crippen LogP contribution in [0.25, 0.3) is 0 Å². The molecule has 1 N–H and O–H groups in total. The van der Waals surface area contributed by atoms with Gasteiger partial charge in [-0.05, 0) is 51.5 Å². The summed E-state index contributed by atoms with van der Waals surface area (Å²) in [6.07, 6.45) is 0. The lowest BCUT2D eigenvalue weighted by Crippen LogP contribution is -2.22. The Morgan fingerprint density at radius 3 is 2.45 bits per heavy atom. The average molecular weight is 336 g/mol. The molecular weight excluding hydrogens is 318 g/mol. The molecule has 0 bridgehead atoms. The molecule has 1 heterocycles. The monoisotopic (exact) mass is 335 g/mol. The Morgan fingerprint density at radius 2 is 1.86 bits per heavy atom. The highest BCUT2D eigenvalue weighted by Crippen LogP contribution is 2.23. The van der Waals surface area contributed by atoms with Crippen LogP contribution in [0.15, 0.2) is 29.4 Å². The number of aromatic nitrogens is 2. The molecule has 1 aromatic heterocycles. The summed E-state index contributed by atoms with van der Waals surface area (Å²) in [5.41, 5.74) is 3.65. The fourth-order valence-corrected chi connectivity index (χ4v) is 2.87. The van der Waals surface area contributed by atoms with Gasteiger partial charge in [0.25, 0.3) is 0 Å². The number of benzene rings is 1. The van der Waals surface area contributed by atoms with Crippen molar-refractivity contribution in [3.8, 4) is 0 Å². The molecule has 1 amide bonds. The number of thioether (sulfide) groups is 1. The summed E-state index contributed by atoms with van der Waals surface area (Å²) < 4.78 is 0. The van der Waals surface area contributed by atoms with Gasteiger partial charge >= 0.3 is 0 Å². The summed E-state index contributed by atoms with van der Waals surface area (Å²) in [5, 5.41) is 3.75. The van der Waals surface area contributed by atoms with E-state index in [-0.39, 0.29) is 11.2 Å². The number of hydrogen-bond donors (Lipinski definition) is 1. The molecule has 2 rings (SSSR count). The molecule has 0 radical (unpaired) electrons. The van der Waals surface area contributed by atoms with Crippen LogP contribution in [0.1, 0.15) is 23.9 Å². The first-order valence-electron chi connectivity index (χ1n) is 6.91. The molecule has 1 atom stereocenters. The van der Waals surface area contributed by atoms with Gasteiger partial charge in [-0.3, -0.25) is 4.79 Å². The highest BCUT2D eigenvalue weighted by Gasteiger charge is 2.17.